The maximum atomic E-state index is 11.3. The van der Waals surface area contributed by atoms with E-state index in [4.69, 9.17) is 46.4 Å². The first-order chi connectivity index (χ1) is 12.5. The molecule has 142 valence electrons. The number of anilines is 2. The molecule has 10 nitrogen and oxygen atoms in total. The third-order valence-corrected chi connectivity index (χ3v) is 6.10. The zero-order valence-corrected chi connectivity index (χ0v) is 16.9. The fourth-order valence-corrected chi connectivity index (χ4v) is 3.53. The molecule has 0 fully saturated rings. The molecule has 0 radical (unpaired) electrons. The molecule has 0 aliphatic carbocycles. The summed E-state index contributed by atoms with van der Waals surface area (Å²) in [5.74, 6) is 0. The van der Waals surface area contributed by atoms with Gasteiger partial charge in [-0.3, -0.25) is 30.3 Å². The quantitative estimate of drug-likeness (QED) is 0.204. The van der Waals surface area contributed by atoms with Crippen LogP contribution in [0.2, 0.25) is 20.1 Å². The van der Waals surface area contributed by atoms with Crippen molar-refractivity contribution in [2.24, 2.45) is 0 Å². The van der Waals surface area contributed by atoms with Gasteiger partial charge in [0.15, 0.2) is 5.69 Å². The highest BCUT2D eigenvalue weighted by Gasteiger charge is 2.32. The second kappa shape index (κ2) is 7.98. The summed E-state index contributed by atoms with van der Waals surface area (Å²) in [5, 5.41) is 35.2. The Morgan fingerprint density at radius 3 is 1.48 bits per heavy atom. The summed E-state index contributed by atoms with van der Waals surface area (Å²) in [4.78, 5) is 30.5. The van der Waals surface area contributed by atoms with Crippen molar-refractivity contribution in [3.63, 3.8) is 0 Å². The number of hydrogen-bond donors (Lipinski definition) is 1. The minimum absolute atomic E-state index is 0.110. The van der Waals surface area contributed by atoms with Gasteiger partial charge < -0.3 is 5.32 Å². The Morgan fingerprint density at radius 2 is 1.15 bits per heavy atom. The molecule has 0 amide bonds. The van der Waals surface area contributed by atoms with Gasteiger partial charge in [-0.15, -0.1) is 0 Å². The minimum Gasteiger partial charge on any atom is -0.342 e. The lowest BCUT2D eigenvalue weighted by Gasteiger charge is -2.14. The number of nitrogens with zero attached hydrogens (tertiary/aromatic N) is 3. The van der Waals surface area contributed by atoms with Crippen LogP contribution in [0.3, 0.4) is 0 Å². The van der Waals surface area contributed by atoms with Gasteiger partial charge in [-0.1, -0.05) is 46.4 Å². The minimum atomic E-state index is -1.04. The summed E-state index contributed by atoms with van der Waals surface area (Å²) in [6.45, 7) is 0. The lowest BCUT2D eigenvalue weighted by atomic mass is 10.2. The normalized spacial score (nSPS) is 10.6. The Kier molecular flexibility index (Phi) is 6.32. The molecule has 0 saturated heterocycles. The molecule has 0 spiro atoms. The summed E-state index contributed by atoms with van der Waals surface area (Å²) in [5.41, 5.74) is -3.68. The third kappa shape index (κ3) is 4.01. The number of rotatable bonds is 5. The van der Waals surface area contributed by atoms with Gasteiger partial charge in [0.1, 0.15) is 0 Å². The molecule has 0 aliphatic heterocycles. The van der Waals surface area contributed by atoms with Crippen LogP contribution in [0.5, 0.6) is 0 Å². The first-order valence-corrected chi connectivity index (χ1v) is 8.67. The lowest BCUT2D eigenvalue weighted by molar-refractivity contribution is -0.401. The van der Waals surface area contributed by atoms with Crippen LogP contribution in [0.1, 0.15) is 0 Å². The van der Waals surface area contributed by atoms with Crippen LogP contribution in [0.4, 0.5) is 28.4 Å². The van der Waals surface area contributed by atoms with Gasteiger partial charge in [0, 0.05) is 0 Å². The van der Waals surface area contributed by atoms with E-state index in [1.165, 1.54) is 0 Å². The van der Waals surface area contributed by atoms with Gasteiger partial charge in [0.25, 0.3) is 5.69 Å². The van der Waals surface area contributed by atoms with Crippen molar-refractivity contribution in [1.82, 2.24) is 0 Å². The average Bonchev–Trinajstić information content (AvgIpc) is 2.61. The molecule has 15 heteroatoms. The second-order valence-corrected chi connectivity index (χ2v) is 7.01. The monoisotopic (exact) mass is 518 g/mol. The molecule has 0 saturated carbocycles. The smallest absolute Gasteiger partial charge is 0.306 e. The highest BCUT2D eigenvalue weighted by molar-refractivity contribution is 9.10. The van der Waals surface area contributed by atoms with E-state index in [1.54, 1.807) is 0 Å². The van der Waals surface area contributed by atoms with E-state index in [0.29, 0.717) is 12.1 Å². The molecule has 0 aliphatic rings. The van der Waals surface area contributed by atoms with Crippen molar-refractivity contribution in [1.29, 1.82) is 0 Å². The Labute approximate surface area is 177 Å². The highest BCUT2D eigenvalue weighted by Crippen LogP contribution is 2.50. The number of hydrogen-bond acceptors (Lipinski definition) is 7. The largest absolute Gasteiger partial charge is 0.342 e. The Hall–Kier alpha value is -1.92. The summed E-state index contributed by atoms with van der Waals surface area (Å²) in [6.07, 6.45) is 0. The summed E-state index contributed by atoms with van der Waals surface area (Å²) in [7, 11) is 0. The number of nitro groups is 3. The molecule has 0 atom stereocenters. The molecule has 2 aromatic rings. The maximum absolute atomic E-state index is 11.3. The van der Waals surface area contributed by atoms with Crippen LogP contribution in [0.15, 0.2) is 16.6 Å². The molecule has 0 bridgehead atoms. The van der Waals surface area contributed by atoms with E-state index in [2.05, 4.69) is 21.2 Å². The number of nitro benzene ring substituents is 3. The molecule has 0 unspecified atom stereocenters. The molecular weight excluding hydrogens is 518 g/mol. The second-order valence-electron chi connectivity index (χ2n) is 4.70. The molecular formula is C12H3BrCl4N4O6. The summed E-state index contributed by atoms with van der Waals surface area (Å²) < 4.78 is 0.138. The highest BCUT2D eigenvalue weighted by atomic mass is 79.9. The van der Waals surface area contributed by atoms with Gasteiger partial charge in [-0.25, -0.2) is 0 Å². The number of nitrogens with one attached hydrogen (secondary N) is 1. The van der Waals surface area contributed by atoms with E-state index in [1.807, 2.05) is 0 Å². The summed E-state index contributed by atoms with van der Waals surface area (Å²) in [6, 6.07) is 1.11. The fraction of sp³-hybridized carbons (Fsp3) is 0. The van der Waals surface area contributed by atoms with Gasteiger partial charge in [-0.2, -0.15) is 0 Å². The Balaban J connectivity index is 2.82. The van der Waals surface area contributed by atoms with Gasteiger partial charge >= 0.3 is 11.4 Å². The lowest BCUT2D eigenvalue weighted by Crippen LogP contribution is -2.04. The molecule has 1 N–H and O–H groups in total. The van der Waals surface area contributed by atoms with Crippen LogP contribution in [-0.4, -0.2) is 14.8 Å². The first kappa shape index (κ1) is 21.4. The van der Waals surface area contributed by atoms with E-state index in [9.17, 15) is 30.3 Å². The van der Waals surface area contributed by atoms with E-state index in [0.717, 1.165) is 0 Å². The van der Waals surface area contributed by atoms with Crippen molar-refractivity contribution < 1.29 is 14.8 Å². The molecule has 2 aromatic carbocycles. The number of halogens is 5. The predicted molar refractivity (Wildman–Crippen MR) is 104 cm³/mol. The molecule has 0 aromatic heterocycles. The molecule has 2 rings (SSSR count). The molecule has 27 heavy (non-hydrogen) atoms. The van der Waals surface area contributed by atoms with Crippen molar-refractivity contribution in [3.05, 3.63) is 67.0 Å². The SMILES string of the molecule is O=[N+]([O-])c1cc([N+](=O)[O-])c(Nc2c(Cl)c(Cl)c(Br)c(Cl)c2Cl)c([N+](=O)[O-])c1. The maximum Gasteiger partial charge on any atom is 0.306 e. The number of benzene rings is 2. The first-order valence-electron chi connectivity index (χ1n) is 6.37. The van der Waals surface area contributed by atoms with E-state index < -0.39 is 37.5 Å². The molecule has 0 heterocycles. The van der Waals surface area contributed by atoms with Crippen LogP contribution in [-0.2, 0) is 0 Å². The van der Waals surface area contributed by atoms with Crippen molar-refractivity contribution in [2.75, 3.05) is 5.32 Å². The predicted octanol–water partition coefficient (Wildman–Crippen LogP) is 6.53. The van der Waals surface area contributed by atoms with Crippen molar-refractivity contribution >= 4 is 90.8 Å². The number of non-ortho nitro benzene ring substituents is 1. The van der Waals surface area contributed by atoms with Crippen LogP contribution >= 0.6 is 62.3 Å². The zero-order chi connectivity index (χ0) is 20.6. The van der Waals surface area contributed by atoms with Crippen LogP contribution in [0, 0.1) is 30.3 Å². The van der Waals surface area contributed by atoms with Crippen molar-refractivity contribution in [2.45, 2.75) is 0 Å². The van der Waals surface area contributed by atoms with Crippen molar-refractivity contribution in [3.8, 4) is 0 Å². The topological polar surface area (TPSA) is 141 Å². The van der Waals surface area contributed by atoms with Gasteiger partial charge in [0.2, 0.25) is 0 Å². The third-order valence-electron chi connectivity index (χ3n) is 3.15. The fourth-order valence-electron chi connectivity index (χ4n) is 1.96. The van der Waals surface area contributed by atoms with Gasteiger partial charge in [0.05, 0.1) is 57.2 Å². The van der Waals surface area contributed by atoms with E-state index >= 15 is 0 Å². The van der Waals surface area contributed by atoms with Crippen LogP contribution < -0.4 is 5.32 Å². The zero-order valence-electron chi connectivity index (χ0n) is 12.3. The average molecular weight is 521 g/mol. The standard InChI is InChI=1S/C12H3BrCl4N4O6/c13-6-7(14)9(16)12(10(17)8(6)15)18-11-4(20(24)25)1-3(19(22)23)2-5(11)21(26)27/h1-2,18H. The Morgan fingerprint density at radius 1 is 0.741 bits per heavy atom. The van der Waals surface area contributed by atoms with E-state index in [-0.39, 0.29) is 30.3 Å². The van der Waals surface area contributed by atoms with Crippen LogP contribution in [0.25, 0.3) is 0 Å². The summed E-state index contributed by atoms with van der Waals surface area (Å²) >= 11 is 27.1. The van der Waals surface area contributed by atoms with Gasteiger partial charge in [-0.05, 0) is 15.9 Å². The Bertz CT molecular complexity index is 954.